The number of amides is 5. The lowest BCUT2D eigenvalue weighted by Crippen LogP contribution is -2.62. The zero-order chi connectivity index (χ0) is 35.5. The molecule has 0 spiro atoms. The maximum absolute atomic E-state index is 14.0. The first-order valence-corrected chi connectivity index (χ1v) is 16.8. The number of nitrogens with two attached hydrogens (primary N) is 1. The summed E-state index contributed by atoms with van der Waals surface area (Å²) in [7, 11) is 0. The van der Waals surface area contributed by atoms with E-state index in [0.29, 0.717) is 19.3 Å². The standard InChI is InChI=1S/C34H61N5O7/c1-11-12-13-14-15-16-17-19-22(24(40)27(35)41)36-28(42)23-20-18-21-39(23)29(43)25(32(2,3)4)37-31(45)38-26(33(5,6)7)30(44)46-34(8,9)10/h22-23,25-26H,11-21H2,1-10H3,(H2,35,41)(H,36,42)(H2,37,38,45)/t22-,23-,25+,26+/m0/s1. The summed E-state index contributed by atoms with van der Waals surface area (Å²) in [6, 6.07) is -4.72. The Morgan fingerprint density at radius 1 is 0.783 bits per heavy atom. The maximum Gasteiger partial charge on any atom is 0.329 e. The smallest absolute Gasteiger partial charge is 0.329 e. The molecule has 5 amide bonds. The maximum atomic E-state index is 14.0. The van der Waals surface area contributed by atoms with Gasteiger partial charge in [-0.2, -0.15) is 0 Å². The van der Waals surface area contributed by atoms with Crippen molar-refractivity contribution in [3.8, 4) is 0 Å². The first-order valence-electron chi connectivity index (χ1n) is 16.8. The van der Waals surface area contributed by atoms with E-state index in [9.17, 15) is 28.8 Å². The molecule has 5 N–H and O–H groups in total. The summed E-state index contributed by atoms with van der Waals surface area (Å²) >= 11 is 0. The Labute approximate surface area is 276 Å². The first kappa shape index (κ1) is 40.8. The third-order valence-corrected chi connectivity index (χ3v) is 7.98. The SMILES string of the molecule is CCCCCCCCC[C@H](NC(=O)[C@@H]1CCCN1C(=O)[C@@H](NC(=O)N[C@H](C(=O)OC(C)(C)C)C(C)(C)C)C(C)(C)C)C(=O)C(N)=O. The van der Waals surface area contributed by atoms with Gasteiger partial charge in [0.25, 0.3) is 5.91 Å². The highest BCUT2D eigenvalue weighted by molar-refractivity contribution is 6.37. The molecule has 0 aliphatic carbocycles. The number of hydrogen-bond acceptors (Lipinski definition) is 7. The molecule has 0 aromatic rings. The predicted molar refractivity (Wildman–Crippen MR) is 177 cm³/mol. The van der Waals surface area contributed by atoms with Crippen molar-refractivity contribution in [2.45, 2.75) is 163 Å². The molecule has 264 valence electrons. The summed E-state index contributed by atoms with van der Waals surface area (Å²) in [6.45, 7) is 18.4. The summed E-state index contributed by atoms with van der Waals surface area (Å²) in [5.41, 5.74) is 3.08. The fourth-order valence-electron chi connectivity index (χ4n) is 5.43. The third-order valence-electron chi connectivity index (χ3n) is 7.98. The number of likely N-dealkylation sites (tertiary alicyclic amines) is 1. The average molecular weight is 652 g/mol. The lowest BCUT2D eigenvalue weighted by atomic mass is 9.85. The van der Waals surface area contributed by atoms with E-state index in [-0.39, 0.29) is 13.0 Å². The number of ketones is 1. The molecule has 0 saturated carbocycles. The minimum atomic E-state index is -1.12. The molecule has 46 heavy (non-hydrogen) atoms. The van der Waals surface area contributed by atoms with Gasteiger partial charge >= 0.3 is 12.0 Å². The van der Waals surface area contributed by atoms with Crippen LogP contribution in [0.1, 0.15) is 133 Å². The van der Waals surface area contributed by atoms with E-state index in [0.717, 1.165) is 32.1 Å². The largest absolute Gasteiger partial charge is 0.458 e. The Morgan fingerprint density at radius 3 is 1.80 bits per heavy atom. The Balaban J connectivity index is 3.06. The van der Waals surface area contributed by atoms with Crippen LogP contribution in [0.2, 0.25) is 0 Å². The van der Waals surface area contributed by atoms with E-state index < -0.39 is 76.1 Å². The fraction of sp³-hybridized carbons (Fsp3) is 0.824. The number of Topliss-reactive ketones (excluding diaryl/α,β-unsaturated/α-hetero) is 1. The lowest BCUT2D eigenvalue weighted by Gasteiger charge is -2.37. The predicted octanol–water partition coefficient (Wildman–Crippen LogP) is 4.13. The Hall–Kier alpha value is -3.18. The Kier molecular flexibility index (Phi) is 15.7. The number of nitrogens with one attached hydrogen (secondary N) is 3. The van der Waals surface area contributed by atoms with Gasteiger partial charge in [-0.25, -0.2) is 9.59 Å². The molecular formula is C34H61N5O7. The quantitative estimate of drug-likeness (QED) is 0.110. The van der Waals surface area contributed by atoms with Crippen LogP contribution in [-0.2, 0) is 28.7 Å². The van der Waals surface area contributed by atoms with Crippen molar-refractivity contribution in [3.05, 3.63) is 0 Å². The number of primary amides is 1. The molecule has 1 aliphatic rings. The third kappa shape index (κ3) is 13.7. The van der Waals surface area contributed by atoms with Crippen molar-refractivity contribution in [3.63, 3.8) is 0 Å². The molecule has 12 heteroatoms. The zero-order valence-corrected chi connectivity index (χ0v) is 30.0. The number of urea groups is 1. The molecule has 1 heterocycles. The van der Waals surface area contributed by atoms with Gasteiger partial charge < -0.3 is 31.3 Å². The van der Waals surface area contributed by atoms with Crippen LogP contribution in [0.5, 0.6) is 0 Å². The topological polar surface area (TPSA) is 177 Å². The van der Waals surface area contributed by atoms with E-state index in [1.54, 1.807) is 62.3 Å². The molecule has 12 nitrogen and oxygen atoms in total. The molecule has 0 unspecified atom stereocenters. The number of rotatable bonds is 16. The van der Waals surface area contributed by atoms with Gasteiger partial charge in [0.1, 0.15) is 23.7 Å². The van der Waals surface area contributed by atoms with Crippen LogP contribution in [0.4, 0.5) is 4.79 Å². The highest BCUT2D eigenvalue weighted by atomic mass is 16.6. The van der Waals surface area contributed by atoms with Crippen LogP contribution >= 0.6 is 0 Å². The van der Waals surface area contributed by atoms with Crippen LogP contribution in [0.15, 0.2) is 0 Å². The monoisotopic (exact) mass is 651 g/mol. The van der Waals surface area contributed by atoms with Gasteiger partial charge in [-0.15, -0.1) is 0 Å². The summed E-state index contributed by atoms with van der Waals surface area (Å²) in [5, 5.41) is 8.13. The van der Waals surface area contributed by atoms with Crippen molar-refractivity contribution < 1.29 is 33.5 Å². The molecule has 4 atom stereocenters. The summed E-state index contributed by atoms with van der Waals surface area (Å²) in [5.74, 6) is -3.57. The zero-order valence-electron chi connectivity index (χ0n) is 30.0. The molecular weight excluding hydrogens is 590 g/mol. The summed E-state index contributed by atoms with van der Waals surface area (Å²) in [6.07, 6.45) is 8.25. The number of carbonyl (C=O) groups is 6. The van der Waals surface area contributed by atoms with Crippen LogP contribution in [0.3, 0.4) is 0 Å². The van der Waals surface area contributed by atoms with E-state index in [4.69, 9.17) is 10.5 Å². The molecule has 1 fully saturated rings. The van der Waals surface area contributed by atoms with Crippen molar-refractivity contribution in [2.24, 2.45) is 16.6 Å². The molecule has 1 aliphatic heterocycles. The first-order chi connectivity index (χ1) is 21.1. The highest BCUT2D eigenvalue weighted by Crippen LogP contribution is 2.27. The summed E-state index contributed by atoms with van der Waals surface area (Å²) < 4.78 is 5.53. The van der Waals surface area contributed by atoms with Crippen LogP contribution in [0, 0.1) is 10.8 Å². The molecule has 0 radical (unpaired) electrons. The highest BCUT2D eigenvalue weighted by Gasteiger charge is 2.44. The average Bonchev–Trinajstić information content (AvgIpc) is 3.40. The second kappa shape index (κ2) is 17.7. The van der Waals surface area contributed by atoms with E-state index in [2.05, 4.69) is 22.9 Å². The van der Waals surface area contributed by atoms with Crippen molar-refractivity contribution in [1.82, 2.24) is 20.9 Å². The van der Waals surface area contributed by atoms with Crippen molar-refractivity contribution in [1.29, 1.82) is 0 Å². The minimum Gasteiger partial charge on any atom is -0.458 e. The molecule has 1 saturated heterocycles. The molecule has 0 bridgehead atoms. The second-order valence-electron chi connectivity index (χ2n) is 15.6. The fourth-order valence-corrected chi connectivity index (χ4v) is 5.43. The number of carbonyl (C=O) groups excluding carboxylic acids is 6. The van der Waals surface area contributed by atoms with E-state index >= 15 is 0 Å². The van der Waals surface area contributed by atoms with Gasteiger partial charge in [0.05, 0.1) is 6.04 Å². The number of nitrogens with zero attached hydrogens (tertiary/aromatic N) is 1. The van der Waals surface area contributed by atoms with Gasteiger partial charge in [0.2, 0.25) is 17.6 Å². The normalized spacial score (nSPS) is 17.4. The number of unbranched alkanes of at least 4 members (excludes halogenated alkanes) is 6. The Morgan fingerprint density at radius 2 is 1.30 bits per heavy atom. The molecule has 0 aromatic carbocycles. The number of hydrogen-bond donors (Lipinski definition) is 4. The second-order valence-corrected chi connectivity index (χ2v) is 15.6. The van der Waals surface area contributed by atoms with Gasteiger partial charge in [-0.3, -0.25) is 19.2 Å². The summed E-state index contributed by atoms with van der Waals surface area (Å²) in [4.78, 5) is 79.5. The lowest BCUT2D eigenvalue weighted by molar-refractivity contribution is -0.160. The van der Waals surface area contributed by atoms with Gasteiger partial charge in [-0.1, -0.05) is 93.4 Å². The van der Waals surface area contributed by atoms with Crippen molar-refractivity contribution in [2.75, 3.05) is 6.54 Å². The van der Waals surface area contributed by atoms with E-state index in [1.165, 1.54) is 11.3 Å². The number of ether oxygens (including phenoxy) is 1. The number of esters is 1. The molecule has 1 rings (SSSR count). The van der Waals surface area contributed by atoms with Gasteiger partial charge in [0, 0.05) is 6.54 Å². The minimum absolute atomic E-state index is 0.279. The molecule has 0 aromatic heterocycles. The van der Waals surface area contributed by atoms with Crippen molar-refractivity contribution >= 4 is 35.5 Å². The van der Waals surface area contributed by atoms with Gasteiger partial charge in [0.15, 0.2) is 0 Å². The van der Waals surface area contributed by atoms with E-state index in [1.807, 2.05) is 0 Å². The van der Waals surface area contributed by atoms with Gasteiger partial charge in [-0.05, 0) is 50.9 Å². The van der Waals surface area contributed by atoms with Crippen LogP contribution in [-0.4, -0.2) is 76.7 Å². The van der Waals surface area contributed by atoms with Crippen LogP contribution < -0.4 is 21.7 Å². The Bertz CT molecular complexity index is 1070. The van der Waals surface area contributed by atoms with Crippen LogP contribution in [0.25, 0.3) is 0 Å².